The topological polar surface area (TPSA) is 171 Å². The lowest BCUT2D eigenvalue weighted by atomic mass is 10.2. The van der Waals surface area contributed by atoms with E-state index in [4.69, 9.17) is 31.3 Å². The van der Waals surface area contributed by atoms with Gasteiger partial charge in [-0.2, -0.15) is 12.6 Å². The number of carboxylic acid groups (broad SMARTS) is 1. The molecule has 7 N–H and O–H groups in total. The fourth-order valence-corrected chi connectivity index (χ4v) is 1.06. The van der Waals surface area contributed by atoms with Crippen molar-refractivity contribution < 1.29 is 39.9 Å². The van der Waals surface area contributed by atoms with Crippen molar-refractivity contribution in [2.45, 2.75) is 18.2 Å². The van der Waals surface area contributed by atoms with Crippen molar-refractivity contribution >= 4 is 37.0 Å². The SMILES string of the molecule is Cl.N[C@@H](CS)C(=O)O.O=C1O[C@H]([C@@H](O)CO)C(O)=C1O. The van der Waals surface area contributed by atoms with Gasteiger partial charge in [-0.1, -0.05) is 0 Å². The number of hydrogen-bond donors (Lipinski definition) is 7. The van der Waals surface area contributed by atoms with E-state index in [2.05, 4.69) is 17.4 Å². The molecule has 3 atom stereocenters. The molecule has 0 bridgehead atoms. The van der Waals surface area contributed by atoms with E-state index in [-0.39, 0.29) is 18.2 Å². The Balaban J connectivity index is 0. The van der Waals surface area contributed by atoms with Gasteiger partial charge in [-0.25, -0.2) is 4.79 Å². The molecule has 9 nitrogen and oxygen atoms in total. The van der Waals surface area contributed by atoms with Crippen LogP contribution in [-0.4, -0.2) is 68.1 Å². The molecule has 0 unspecified atom stereocenters. The Hall–Kier alpha value is -1.20. The van der Waals surface area contributed by atoms with Crippen molar-refractivity contribution in [2.75, 3.05) is 12.4 Å². The van der Waals surface area contributed by atoms with Crippen LogP contribution in [0.5, 0.6) is 0 Å². The second-order valence-electron chi connectivity index (χ2n) is 3.44. The number of aliphatic carboxylic acids is 1. The molecule has 0 amide bonds. The maximum Gasteiger partial charge on any atom is 0.377 e. The average Bonchev–Trinajstić information content (AvgIpc) is 2.65. The Bertz CT molecular complexity index is 377. The summed E-state index contributed by atoms with van der Waals surface area (Å²) in [5.74, 6) is -3.59. The molecule has 0 fully saturated rings. The Morgan fingerprint density at radius 1 is 1.45 bits per heavy atom. The highest BCUT2D eigenvalue weighted by atomic mass is 35.5. The number of halogens is 1. The van der Waals surface area contributed by atoms with Crippen LogP contribution in [0.2, 0.25) is 0 Å². The number of aliphatic hydroxyl groups is 4. The molecule has 1 aliphatic rings. The van der Waals surface area contributed by atoms with E-state index in [1.54, 1.807) is 0 Å². The summed E-state index contributed by atoms with van der Waals surface area (Å²) in [6.07, 6.45) is -2.78. The van der Waals surface area contributed by atoms with Gasteiger partial charge < -0.3 is 36.0 Å². The standard InChI is InChI=1S/C6H8O6.C3H7NO2S.ClH/c7-1-2(8)5-3(9)4(10)6(11)12-5;4-2(1-7)3(5)6;/h2,5,7-10H,1H2;2,7H,1,4H2,(H,5,6);1H/t2-,5+;2-;/m00./s1. The van der Waals surface area contributed by atoms with Gasteiger partial charge in [0.05, 0.1) is 6.61 Å². The first-order valence-corrected chi connectivity index (χ1v) is 5.60. The Labute approximate surface area is 125 Å². The van der Waals surface area contributed by atoms with Gasteiger partial charge in [-0.3, -0.25) is 4.79 Å². The van der Waals surface area contributed by atoms with Crippen LogP contribution in [0.15, 0.2) is 11.5 Å². The lowest BCUT2D eigenvalue weighted by Crippen LogP contribution is -2.31. The molecule has 0 saturated heterocycles. The fraction of sp³-hybridized carbons (Fsp3) is 0.556. The summed E-state index contributed by atoms with van der Waals surface area (Å²) in [6.45, 7) is -0.671. The Morgan fingerprint density at radius 2 is 1.95 bits per heavy atom. The third kappa shape index (κ3) is 5.84. The summed E-state index contributed by atoms with van der Waals surface area (Å²) < 4.78 is 4.32. The van der Waals surface area contributed by atoms with Crippen LogP contribution < -0.4 is 5.73 Å². The van der Waals surface area contributed by atoms with E-state index in [0.717, 1.165) is 0 Å². The molecule has 1 rings (SSSR count). The van der Waals surface area contributed by atoms with E-state index in [1.807, 2.05) is 0 Å². The lowest BCUT2D eigenvalue weighted by Gasteiger charge is -2.13. The predicted octanol–water partition coefficient (Wildman–Crippen LogP) is -1.66. The first-order valence-electron chi connectivity index (χ1n) is 4.97. The van der Waals surface area contributed by atoms with E-state index in [1.165, 1.54) is 0 Å². The minimum Gasteiger partial charge on any atom is -0.505 e. The number of thiol groups is 1. The lowest BCUT2D eigenvalue weighted by molar-refractivity contribution is -0.147. The zero-order valence-electron chi connectivity index (χ0n) is 10.0. The molecule has 1 aliphatic heterocycles. The van der Waals surface area contributed by atoms with Crippen LogP contribution in [0.3, 0.4) is 0 Å². The van der Waals surface area contributed by atoms with Gasteiger partial charge in [-0.05, 0) is 0 Å². The quantitative estimate of drug-likeness (QED) is 0.235. The number of rotatable bonds is 4. The monoisotopic (exact) mass is 333 g/mol. The summed E-state index contributed by atoms with van der Waals surface area (Å²) in [5.41, 5.74) is 4.94. The van der Waals surface area contributed by atoms with Crippen molar-refractivity contribution in [2.24, 2.45) is 5.73 Å². The predicted molar refractivity (Wildman–Crippen MR) is 72.0 cm³/mol. The maximum absolute atomic E-state index is 10.5. The largest absolute Gasteiger partial charge is 0.505 e. The van der Waals surface area contributed by atoms with Gasteiger partial charge in [0.2, 0.25) is 5.76 Å². The summed E-state index contributed by atoms with van der Waals surface area (Å²) in [4.78, 5) is 20.3. The van der Waals surface area contributed by atoms with Crippen molar-refractivity contribution in [1.82, 2.24) is 0 Å². The molecule has 0 aliphatic carbocycles. The fourth-order valence-electron chi connectivity index (χ4n) is 0.901. The number of cyclic esters (lactones) is 1. The van der Waals surface area contributed by atoms with Crippen molar-refractivity contribution in [3.05, 3.63) is 11.5 Å². The first-order chi connectivity index (χ1) is 8.76. The molecule has 1 heterocycles. The van der Waals surface area contributed by atoms with Crippen LogP contribution in [0.4, 0.5) is 0 Å². The minimum absolute atomic E-state index is 0. The number of nitrogens with two attached hydrogens (primary N) is 1. The molecule has 0 aromatic carbocycles. The van der Waals surface area contributed by atoms with Gasteiger partial charge in [-0.15, -0.1) is 12.4 Å². The van der Waals surface area contributed by atoms with Crippen LogP contribution in [0.25, 0.3) is 0 Å². The highest BCUT2D eigenvalue weighted by Gasteiger charge is 2.38. The van der Waals surface area contributed by atoms with Gasteiger partial charge >= 0.3 is 11.9 Å². The first kappa shape index (κ1) is 21.1. The summed E-state index contributed by atoms with van der Waals surface area (Å²) >= 11 is 3.65. The van der Waals surface area contributed by atoms with Crippen molar-refractivity contribution in [3.8, 4) is 0 Å². The van der Waals surface area contributed by atoms with Gasteiger partial charge in [0, 0.05) is 5.75 Å². The van der Waals surface area contributed by atoms with Crippen molar-refractivity contribution in [1.29, 1.82) is 0 Å². The molecule has 0 saturated carbocycles. The molecular weight excluding hydrogens is 318 g/mol. The third-order valence-electron chi connectivity index (χ3n) is 1.99. The summed E-state index contributed by atoms with van der Waals surface area (Å²) in [7, 11) is 0. The molecule has 20 heavy (non-hydrogen) atoms. The molecule has 0 radical (unpaired) electrons. The number of ether oxygens (including phenoxy) is 1. The van der Waals surface area contributed by atoms with Gasteiger partial charge in [0.25, 0.3) is 0 Å². The number of esters is 1. The molecule has 11 heteroatoms. The molecule has 118 valence electrons. The van der Waals surface area contributed by atoms with Crippen LogP contribution in [0, 0.1) is 0 Å². The molecule has 0 spiro atoms. The summed E-state index contributed by atoms with van der Waals surface area (Å²) in [6, 6.07) is -0.816. The highest BCUT2D eigenvalue weighted by molar-refractivity contribution is 7.80. The minimum atomic E-state index is -1.42. The average molecular weight is 334 g/mol. The Morgan fingerprint density at radius 3 is 2.15 bits per heavy atom. The third-order valence-corrected chi connectivity index (χ3v) is 2.38. The molecule has 0 aromatic rings. The van der Waals surface area contributed by atoms with Crippen LogP contribution in [-0.2, 0) is 14.3 Å². The number of aliphatic hydroxyl groups excluding tert-OH is 4. The van der Waals surface area contributed by atoms with E-state index >= 15 is 0 Å². The molecular formula is C9H16ClNO8S. The van der Waals surface area contributed by atoms with E-state index < -0.39 is 48.3 Å². The van der Waals surface area contributed by atoms with Crippen LogP contribution in [0.1, 0.15) is 0 Å². The second kappa shape index (κ2) is 9.66. The second-order valence-corrected chi connectivity index (χ2v) is 3.80. The zero-order chi connectivity index (χ0) is 15.2. The van der Waals surface area contributed by atoms with Gasteiger partial charge in [0.15, 0.2) is 11.9 Å². The highest BCUT2D eigenvalue weighted by Crippen LogP contribution is 2.20. The van der Waals surface area contributed by atoms with Gasteiger partial charge in [0.1, 0.15) is 12.1 Å². The van der Waals surface area contributed by atoms with E-state index in [9.17, 15) is 9.59 Å². The van der Waals surface area contributed by atoms with E-state index in [0.29, 0.717) is 0 Å². The molecule has 0 aromatic heterocycles. The number of carbonyl (C=O) groups excluding carboxylic acids is 1. The number of hydrogen-bond acceptors (Lipinski definition) is 9. The van der Waals surface area contributed by atoms with Crippen LogP contribution >= 0.6 is 25.0 Å². The zero-order valence-corrected chi connectivity index (χ0v) is 11.8. The Kier molecular flexibility index (Phi) is 10.2. The summed E-state index contributed by atoms with van der Waals surface area (Å²) in [5, 5.41) is 43.1. The maximum atomic E-state index is 10.5. The smallest absolute Gasteiger partial charge is 0.377 e. The number of carbonyl (C=O) groups is 2. The normalized spacial score (nSPS) is 20.2. The number of carboxylic acids is 1. The van der Waals surface area contributed by atoms with Crippen molar-refractivity contribution in [3.63, 3.8) is 0 Å².